The number of benzene rings is 1. The standard InChI is InChI=1S/C18H17F3N4/c19-18(20,21)14-3-4-15-16(8-14)24-17(23-15)13-5-7-25(11-13)10-12-2-1-6-22-9-12/h1-4,6,8-9,13H,5,7,10-11H2,(H,23,24). The number of hydrogen-bond acceptors (Lipinski definition) is 3. The predicted molar refractivity (Wildman–Crippen MR) is 88.0 cm³/mol. The summed E-state index contributed by atoms with van der Waals surface area (Å²) in [5.74, 6) is 0.974. The normalized spacial score (nSPS) is 18.9. The first kappa shape index (κ1) is 16.1. The Labute approximate surface area is 142 Å². The molecule has 2 aromatic heterocycles. The van der Waals surface area contributed by atoms with Gasteiger partial charge in [-0.1, -0.05) is 6.07 Å². The fourth-order valence-corrected chi connectivity index (χ4v) is 3.35. The third-order valence-electron chi connectivity index (χ3n) is 4.62. The summed E-state index contributed by atoms with van der Waals surface area (Å²) < 4.78 is 38.5. The zero-order valence-electron chi connectivity index (χ0n) is 13.4. The summed E-state index contributed by atoms with van der Waals surface area (Å²) in [6, 6.07) is 7.60. The number of aromatic nitrogens is 3. The van der Waals surface area contributed by atoms with Crippen molar-refractivity contribution in [3.63, 3.8) is 0 Å². The number of alkyl halides is 3. The van der Waals surface area contributed by atoms with Gasteiger partial charge < -0.3 is 4.98 Å². The molecule has 1 atom stereocenters. The molecule has 3 heterocycles. The van der Waals surface area contributed by atoms with Crippen LogP contribution in [0.3, 0.4) is 0 Å². The van der Waals surface area contributed by atoms with E-state index in [2.05, 4.69) is 19.9 Å². The van der Waals surface area contributed by atoms with Crippen LogP contribution in [0.1, 0.15) is 29.3 Å². The van der Waals surface area contributed by atoms with Gasteiger partial charge in [-0.15, -0.1) is 0 Å². The van der Waals surface area contributed by atoms with Crippen molar-refractivity contribution < 1.29 is 13.2 Å². The second kappa shape index (κ2) is 6.15. The van der Waals surface area contributed by atoms with Crippen molar-refractivity contribution in [3.8, 4) is 0 Å². The third kappa shape index (κ3) is 3.37. The Hall–Kier alpha value is -2.41. The number of fused-ring (bicyclic) bond motifs is 1. The van der Waals surface area contributed by atoms with Crippen molar-refractivity contribution in [2.45, 2.75) is 25.1 Å². The molecule has 0 aliphatic carbocycles. The van der Waals surface area contributed by atoms with Crippen LogP contribution in [0, 0.1) is 0 Å². The molecule has 0 amide bonds. The molecule has 0 spiro atoms. The van der Waals surface area contributed by atoms with Crippen LogP contribution in [0.4, 0.5) is 13.2 Å². The Bertz CT molecular complexity index is 873. The third-order valence-corrected chi connectivity index (χ3v) is 4.62. The van der Waals surface area contributed by atoms with Gasteiger partial charge in [-0.2, -0.15) is 13.2 Å². The maximum Gasteiger partial charge on any atom is 0.416 e. The average molecular weight is 346 g/mol. The van der Waals surface area contributed by atoms with E-state index in [1.807, 2.05) is 18.3 Å². The molecule has 1 unspecified atom stereocenters. The second-order valence-electron chi connectivity index (χ2n) is 6.43. The maximum atomic E-state index is 12.8. The van der Waals surface area contributed by atoms with E-state index in [1.54, 1.807) is 6.20 Å². The Morgan fingerprint density at radius 2 is 2.12 bits per heavy atom. The lowest BCUT2D eigenvalue weighted by Crippen LogP contribution is -2.20. The van der Waals surface area contributed by atoms with Gasteiger partial charge in [0.1, 0.15) is 5.82 Å². The number of pyridine rings is 1. The average Bonchev–Trinajstić information content (AvgIpc) is 3.20. The monoisotopic (exact) mass is 346 g/mol. The quantitative estimate of drug-likeness (QED) is 0.781. The molecule has 0 saturated carbocycles. The Balaban J connectivity index is 1.50. The first-order chi connectivity index (χ1) is 12.0. The predicted octanol–water partition coefficient (Wildman–Crippen LogP) is 3.97. The van der Waals surface area contributed by atoms with Crippen molar-refractivity contribution in [3.05, 3.63) is 59.7 Å². The topological polar surface area (TPSA) is 44.8 Å². The maximum absolute atomic E-state index is 12.8. The van der Waals surface area contributed by atoms with E-state index < -0.39 is 11.7 Å². The van der Waals surface area contributed by atoms with E-state index in [9.17, 15) is 13.2 Å². The van der Waals surface area contributed by atoms with E-state index in [0.29, 0.717) is 11.0 Å². The van der Waals surface area contributed by atoms with Crippen molar-refractivity contribution in [2.24, 2.45) is 0 Å². The van der Waals surface area contributed by atoms with Crippen molar-refractivity contribution >= 4 is 11.0 Å². The summed E-state index contributed by atoms with van der Waals surface area (Å²) in [5, 5.41) is 0. The molecule has 130 valence electrons. The Morgan fingerprint density at radius 1 is 1.24 bits per heavy atom. The van der Waals surface area contributed by atoms with E-state index in [1.165, 1.54) is 6.07 Å². The molecule has 4 nitrogen and oxygen atoms in total. The van der Waals surface area contributed by atoms with E-state index in [4.69, 9.17) is 0 Å². The van der Waals surface area contributed by atoms with Crippen LogP contribution in [0.5, 0.6) is 0 Å². The summed E-state index contributed by atoms with van der Waals surface area (Å²) in [5.41, 5.74) is 1.52. The lowest BCUT2D eigenvalue weighted by Gasteiger charge is -2.15. The molecule has 0 bridgehead atoms. The molecule has 4 rings (SSSR count). The number of nitrogens with one attached hydrogen (secondary N) is 1. The van der Waals surface area contributed by atoms with Gasteiger partial charge in [-0.3, -0.25) is 9.88 Å². The SMILES string of the molecule is FC(F)(F)c1ccc2nc(C3CCN(Cc4cccnc4)C3)[nH]c2c1. The molecule has 3 aromatic rings. The number of hydrogen-bond donors (Lipinski definition) is 1. The van der Waals surface area contributed by atoms with Crippen molar-refractivity contribution in [1.29, 1.82) is 0 Å². The van der Waals surface area contributed by atoms with Crippen LogP contribution in [-0.4, -0.2) is 32.9 Å². The number of rotatable bonds is 3. The molecular weight excluding hydrogens is 329 g/mol. The molecule has 1 aliphatic heterocycles. The number of H-pyrrole nitrogens is 1. The zero-order chi connectivity index (χ0) is 17.4. The molecule has 1 fully saturated rings. The molecule has 1 N–H and O–H groups in total. The molecule has 1 aromatic carbocycles. The number of nitrogens with zero attached hydrogens (tertiary/aromatic N) is 3. The molecule has 7 heteroatoms. The summed E-state index contributed by atoms with van der Waals surface area (Å²) in [6.45, 7) is 2.59. The minimum atomic E-state index is -4.34. The van der Waals surface area contributed by atoms with Gasteiger partial charge in [-0.25, -0.2) is 4.98 Å². The highest BCUT2D eigenvalue weighted by molar-refractivity contribution is 5.76. The number of aromatic amines is 1. The van der Waals surface area contributed by atoms with Gasteiger partial charge in [0, 0.05) is 31.4 Å². The smallest absolute Gasteiger partial charge is 0.342 e. The van der Waals surface area contributed by atoms with Gasteiger partial charge in [0.25, 0.3) is 0 Å². The van der Waals surface area contributed by atoms with E-state index in [-0.39, 0.29) is 5.92 Å². The van der Waals surface area contributed by atoms with Gasteiger partial charge >= 0.3 is 6.18 Å². The van der Waals surface area contributed by atoms with Crippen molar-refractivity contribution in [2.75, 3.05) is 13.1 Å². The lowest BCUT2D eigenvalue weighted by atomic mass is 10.1. The van der Waals surface area contributed by atoms with E-state index >= 15 is 0 Å². The summed E-state index contributed by atoms with van der Waals surface area (Å²) in [7, 11) is 0. The first-order valence-corrected chi connectivity index (χ1v) is 8.17. The largest absolute Gasteiger partial charge is 0.416 e. The molecule has 1 saturated heterocycles. The lowest BCUT2D eigenvalue weighted by molar-refractivity contribution is -0.137. The Kier molecular flexibility index (Phi) is 3.95. The van der Waals surface area contributed by atoms with Gasteiger partial charge in [0.05, 0.1) is 16.6 Å². The minimum Gasteiger partial charge on any atom is -0.342 e. The number of imidazole rings is 1. The van der Waals surface area contributed by atoms with Crippen LogP contribution < -0.4 is 0 Å². The first-order valence-electron chi connectivity index (χ1n) is 8.17. The fraction of sp³-hybridized carbons (Fsp3) is 0.333. The van der Waals surface area contributed by atoms with Crippen LogP contribution in [0.2, 0.25) is 0 Å². The number of halogens is 3. The fourth-order valence-electron chi connectivity index (χ4n) is 3.35. The van der Waals surface area contributed by atoms with Crippen LogP contribution in [0.15, 0.2) is 42.7 Å². The van der Waals surface area contributed by atoms with Gasteiger partial charge in [-0.05, 0) is 42.8 Å². The second-order valence-corrected chi connectivity index (χ2v) is 6.43. The molecule has 0 radical (unpaired) electrons. The highest BCUT2D eigenvalue weighted by atomic mass is 19.4. The molecule has 25 heavy (non-hydrogen) atoms. The van der Waals surface area contributed by atoms with Gasteiger partial charge in [0.15, 0.2) is 0 Å². The Morgan fingerprint density at radius 3 is 2.88 bits per heavy atom. The zero-order valence-corrected chi connectivity index (χ0v) is 13.4. The number of likely N-dealkylation sites (tertiary alicyclic amines) is 1. The highest BCUT2D eigenvalue weighted by Gasteiger charge is 2.31. The summed E-state index contributed by atoms with van der Waals surface area (Å²) in [4.78, 5) is 14.0. The van der Waals surface area contributed by atoms with Gasteiger partial charge in [0.2, 0.25) is 0 Å². The van der Waals surface area contributed by atoms with Crippen LogP contribution in [0.25, 0.3) is 11.0 Å². The van der Waals surface area contributed by atoms with Crippen molar-refractivity contribution in [1.82, 2.24) is 19.9 Å². The minimum absolute atomic E-state index is 0.207. The van der Waals surface area contributed by atoms with Crippen LogP contribution in [-0.2, 0) is 12.7 Å². The van der Waals surface area contributed by atoms with Crippen LogP contribution >= 0.6 is 0 Å². The summed E-state index contributed by atoms with van der Waals surface area (Å²) in [6.07, 6.45) is 0.201. The molecular formula is C18H17F3N4. The van der Waals surface area contributed by atoms with E-state index in [0.717, 1.165) is 49.6 Å². The summed E-state index contributed by atoms with van der Waals surface area (Å²) >= 11 is 0. The highest BCUT2D eigenvalue weighted by Crippen LogP contribution is 2.32. The molecule has 1 aliphatic rings.